The normalized spacial score (nSPS) is 13.1. The maximum atomic E-state index is 5.88. The van der Waals surface area contributed by atoms with Crippen LogP contribution >= 0.6 is 0 Å². The van der Waals surface area contributed by atoms with Crippen molar-refractivity contribution >= 4 is 0 Å². The topological polar surface area (TPSA) is 53.7 Å². The van der Waals surface area contributed by atoms with E-state index in [4.69, 9.17) is 19.9 Å². The van der Waals surface area contributed by atoms with E-state index in [1.54, 1.807) is 0 Å². The van der Waals surface area contributed by atoms with Gasteiger partial charge in [0.05, 0.1) is 6.61 Å². The minimum Gasteiger partial charge on any atom is -0.493 e. The largest absolute Gasteiger partial charge is 0.493 e. The van der Waals surface area contributed by atoms with E-state index in [1.807, 2.05) is 12.1 Å². The molecule has 18 heavy (non-hydrogen) atoms. The first-order valence-electron chi connectivity index (χ1n) is 6.53. The zero-order valence-corrected chi connectivity index (χ0v) is 11.1. The Bertz CT molecular complexity index is 402. The highest BCUT2D eigenvalue weighted by Gasteiger charge is 2.18. The lowest BCUT2D eigenvalue weighted by molar-refractivity contribution is 0.173. The van der Waals surface area contributed by atoms with Crippen LogP contribution in [0.25, 0.3) is 0 Å². The highest BCUT2D eigenvalue weighted by atomic mass is 16.7. The summed E-state index contributed by atoms with van der Waals surface area (Å²) in [6, 6.07) is 3.79. The van der Waals surface area contributed by atoms with Crippen LogP contribution in [0.1, 0.15) is 32.3 Å². The number of hydrogen-bond donors (Lipinski definition) is 1. The molecule has 0 spiro atoms. The number of rotatable bonds is 6. The number of nitrogens with two attached hydrogens (primary N) is 1. The Morgan fingerprint density at radius 2 is 1.89 bits per heavy atom. The molecule has 1 aromatic carbocycles. The second-order valence-electron chi connectivity index (χ2n) is 4.51. The third-order valence-electron chi connectivity index (χ3n) is 3.40. The Balaban J connectivity index is 2.11. The van der Waals surface area contributed by atoms with E-state index in [9.17, 15) is 0 Å². The van der Waals surface area contributed by atoms with Crippen molar-refractivity contribution in [2.24, 2.45) is 11.7 Å². The smallest absolute Gasteiger partial charge is 0.231 e. The van der Waals surface area contributed by atoms with Crippen LogP contribution in [0, 0.1) is 5.92 Å². The molecule has 1 heterocycles. The van der Waals surface area contributed by atoms with Crippen LogP contribution in [0.15, 0.2) is 12.1 Å². The summed E-state index contributed by atoms with van der Waals surface area (Å²) in [7, 11) is 0. The predicted octanol–water partition coefficient (Wildman–Crippen LogP) is 2.69. The molecule has 0 atom stereocenters. The maximum absolute atomic E-state index is 5.88. The van der Waals surface area contributed by atoms with Crippen molar-refractivity contribution < 1.29 is 14.2 Å². The van der Waals surface area contributed by atoms with Gasteiger partial charge in [0.2, 0.25) is 6.79 Å². The lowest BCUT2D eigenvalue weighted by Gasteiger charge is -2.16. The summed E-state index contributed by atoms with van der Waals surface area (Å²) < 4.78 is 16.6. The first kappa shape index (κ1) is 13.0. The summed E-state index contributed by atoms with van der Waals surface area (Å²) in [5.74, 6) is 2.90. The van der Waals surface area contributed by atoms with Crippen molar-refractivity contribution in [1.82, 2.24) is 0 Å². The average molecular weight is 251 g/mol. The van der Waals surface area contributed by atoms with Gasteiger partial charge in [-0.2, -0.15) is 0 Å². The minimum absolute atomic E-state index is 0.273. The van der Waals surface area contributed by atoms with Crippen molar-refractivity contribution in [2.75, 3.05) is 13.4 Å². The van der Waals surface area contributed by atoms with Crippen LogP contribution in [0.4, 0.5) is 0 Å². The fourth-order valence-corrected chi connectivity index (χ4v) is 1.99. The molecule has 0 aromatic heterocycles. The Labute approximate surface area is 108 Å². The van der Waals surface area contributed by atoms with Gasteiger partial charge in [-0.3, -0.25) is 0 Å². The predicted molar refractivity (Wildman–Crippen MR) is 70.0 cm³/mol. The number of benzene rings is 1. The van der Waals surface area contributed by atoms with Crippen molar-refractivity contribution in [3.8, 4) is 17.2 Å². The lowest BCUT2D eigenvalue weighted by atomic mass is 10.1. The standard InChI is InChI=1S/C14H21NO3/c1-3-10(4-2)8-16-12-6-14-13(17-9-18-14)5-11(12)7-15/h5-6,10H,3-4,7-9,15H2,1-2H3. The monoisotopic (exact) mass is 251 g/mol. The van der Waals surface area contributed by atoms with Gasteiger partial charge in [0.15, 0.2) is 11.5 Å². The zero-order chi connectivity index (χ0) is 13.0. The molecule has 0 amide bonds. The molecule has 1 aliphatic heterocycles. The first-order valence-corrected chi connectivity index (χ1v) is 6.53. The molecule has 0 saturated heterocycles. The van der Waals surface area contributed by atoms with Gasteiger partial charge in [-0.25, -0.2) is 0 Å². The molecule has 0 radical (unpaired) electrons. The highest BCUT2D eigenvalue weighted by Crippen LogP contribution is 2.38. The van der Waals surface area contributed by atoms with E-state index >= 15 is 0 Å². The summed E-state index contributed by atoms with van der Waals surface area (Å²) in [4.78, 5) is 0. The Morgan fingerprint density at radius 3 is 2.50 bits per heavy atom. The molecule has 4 heteroatoms. The molecule has 4 nitrogen and oxygen atoms in total. The third-order valence-corrected chi connectivity index (χ3v) is 3.40. The Morgan fingerprint density at radius 1 is 1.22 bits per heavy atom. The molecule has 0 aliphatic carbocycles. The van der Waals surface area contributed by atoms with E-state index in [0.717, 1.165) is 42.3 Å². The lowest BCUT2D eigenvalue weighted by Crippen LogP contribution is -2.12. The van der Waals surface area contributed by atoms with Gasteiger partial charge in [0.25, 0.3) is 0 Å². The zero-order valence-electron chi connectivity index (χ0n) is 11.1. The maximum Gasteiger partial charge on any atom is 0.231 e. The van der Waals surface area contributed by atoms with E-state index in [-0.39, 0.29) is 6.79 Å². The minimum atomic E-state index is 0.273. The molecule has 1 aliphatic rings. The Hall–Kier alpha value is -1.42. The summed E-state index contributed by atoms with van der Waals surface area (Å²) in [6.45, 7) is 5.80. The third kappa shape index (κ3) is 2.70. The molecule has 2 N–H and O–H groups in total. The van der Waals surface area contributed by atoms with E-state index in [1.165, 1.54) is 0 Å². The van der Waals surface area contributed by atoms with E-state index in [2.05, 4.69) is 13.8 Å². The summed E-state index contributed by atoms with van der Waals surface area (Å²) >= 11 is 0. The van der Waals surface area contributed by atoms with Gasteiger partial charge in [0.1, 0.15) is 5.75 Å². The number of hydrogen-bond acceptors (Lipinski definition) is 4. The van der Waals surface area contributed by atoms with Gasteiger partial charge in [0, 0.05) is 18.2 Å². The number of fused-ring (bicyclic) bond motifs is 1. The van der Waals surface area contributed by atoms with Crippen LogP contribution in [0.5, 0.6) is 17.2 Å². The van der Waals surface area contributed by atoms with Gasteiger partial charge in [-0.1, -0.05) is 26.7 Å². The van der Waals surface area contributed by atoms with E-state index in [0.29, 0.717) is 12.5 Å². The average Bonchev–Trinajstić information content (AvgIpc) is 2.85. The summed E-state index contributed by atoms with van der Waals surface area (Å²) in [5.41, 5.74) is 6.70. The summed E-state index contributed by atoms with van der Waals surface area (Å²) in [5, 5.41) is 0. The highest BCUT2D eigenvalue weighted by molar-refractivity contribution is 5.51. The fraction of sp³-hybridized carbons (Fsp3) is 0.571. The molecular weight excluding hydrogens is 230 g/mol. The van der Waals surface area contributed by atoms with Crippen molar-refractivity contribution in [3.63, 3.8) is 0 Å². The van der Waals surface area contributed by atoms with Crippen LogP contribution in [-0.2, 0) is 6.54 Å². The van der Waals surface area contributed by atoms with Crippen LogP contribution in [0.2, 0.25) is 0 Å². The molecule has 1 aromatic rings. The fourth-order valence-electron chi connectivity index (χ4n) is 1.99. The second-order valence-corrected chi connectivity index (χ2v) is 4.51. The van der Waals surface area contributed by atoms with Gasteiger partial charge >= 0.3 is 0 Å². The molecule has 2 rings (SSSR count). The summed E-state index contributed by atoms with van der Waals surface area (Å²) in [6.07, 6.45) is 2.25. The van der Waals surface area contributed by atoms with Gasteiger partial charge in [-0.15, -0.1) is 0 Å². The number of ether oxygens (including phenoxy) is 3. The van der Waals surface area contributed by atoms with Crippen LogP contribution < -0.4 is 19.9 Å². The molecule has 0 fully saturated rings. The second kappa shape index (κ2) is 5.96. The van der Waals surface area contributed by atoms with Crippen molar-refractivity contribution in [2.45, 2.75) is 33.2 Å². The van der Waals surface area contributed by atoms with Crippen LogP contribution in [0.3, 0.4) is 0 Å². The molecule has 0 unspecified atom stereocenters. The van der Waals surface area contributed by atoms with Crippen LogP contribution in [-0.4, -0.2) is 13.4 Å². The molecule has 100 valence electrons. The van der Waals surface area contributed by atoms with Crippen molar-refractivity contribution in [3.05, 3.63) is 17.7 Å². The Kier molecular flexibility index (Phi) is 4.31. The SMILES string of the molecule is CCC(CC)COc1cc2c(cc1CN)OCO2. The van der Waals surface area contributed by atoms with Crippen molar-refractivity contribution in [1.29, 1.82) is 0 Å². The molecular formula is C14H21NO3. The first-order chi connectivity index (χ1) is 8.78. The van der Waals surface area contributed by atoms with E-state index < -0.39 is 0 Å². The quantitative estimate of drug-likeness (QED) is 0.844. The molecule has 0 saturated carbocycles. The molecule has 0 bridgehead atoms. The van der Waals surface area contributed by atoms with Gasteiger partial charge < -0.3 is 19.9 Å². The van der Waals surface area contributed by atoms with Gasteiger partial charge in [-0.05, 0) is 12.0 Å².